The highest BCUT2D eigenvalue weighted by atomic mass is 32.2. The fourth-order valence-corrected chi connectivity index (χ4v) is 1.08. The molecule has 4 heteroatoms. The van der Waals surface area contributed by atoms with E-state index in [4.69, 9.17) is 10.2 Å². The molecule has 0 atom stereocenters. The molecule has 0 aliphatic heterocycles. The molecule has 3 nitrogen and oxygen atoms in total. The van der Waals surface area contributed by atoms with Crippen molar-refractivity contribution in [3.05, 3.63) is 11.6 Å². The van der Waals surface area contributed by atoms with E-state index in [2.05, 4.69) is 0 Å². The number of carbonyl (C=O) groups is 1. The predicted octanol–water partition coefficient (Wildman–Crippen LogP) is 0.743. The predicted molar refractivity (Wildman–Crippen MR) is 45.8 cm³/mol. The molecular weight excluding hydrogens is 164 g/mol. The highest BCUT2D eigenvalue weighted by Gasteiger charge is 1.97. The number of thioether (sulfide) groups is 1. The van der Waals surface area contributed by atoms with Gasteiger partial charge in [-0.1, -0.05) is 6.08 Å². The first-order valence-electron chi connectivity index (χ1n) is 3.27. The zero-order valence-electron chi connectivity index (χ0n) is 6.41. The monoisotopic (exact) mass is 176 g/mol. The summed E-state index contributed by atoms with van der Waals surface area (Å²) in [7, 11) is 0. The molecule has 0 saturated carbocycles. The van der Waals surface area contributed by atoms with Crippen molar-refractivity contribution in [1.82, 2.24) is 0 Å². The molecule has 0 fully saturated rings. The van der Waals surface area contributed by atoms with Gasteiger partial charge in [0.15, 0.2) is 0 Å². The smallest absolute Gasteiger partial charge is 0.330 e. The molecule has 0 unspecified atom stereocenters. The molecule has 0 heterocycles. The van der Waals surface area contributed by atoms with Crippen molar-refractivity contribution in [1.29, 1.82) is 0 Å². The molecule has 0 spiro atoms. The van der Waals surface area contributed by atoms with Crippen LogP contribution in [-0.2, 0) is 4.79 Å². The number of hydrogen-bond acceptors (Lipinski definition) is 3. The maximum Gasteiger partial charge on any atom is 0.330 e. The van der Waals surface area contributed by atoms with Crippen LogP contribution in [0.2, 0.25) is 0 Å². The van der Waals surface area contributed by atoms with Gasteiger partial charge in [-0.25, -0.2) is 4.79 Å². The molecule has 0 aromatic rings. The summed E-state index contributed by atoms with van der Waals surface area (Å²) in [6.07, 6.45) is 1.64. The second kappa shape index (κ2) is 6.24. The van der Waals surface area contributed by atoms with Crippen LogP contribution in [-0.4, -0.2) is 34.3 Å². The molecule has 0 aromatic heterocycles. The number of rotatable bonds is 5. The Morgan fingerprint density at radius 2 is 2.27 bits per heavy atom. The number of aliphatic hydroxyl groups excluding tert-OH is 1. The van der Waals surface area contributed by atoms with Crippen molar-refractivity contribution in [3.8, 4) is 0 Å². The van der Waals surface area contributed by atoms with Crippen LogP contribution in [0.15, 0.2) is 11.6 Å². The minimum atomic E-state index is -0.880. The molecule has 0 rings (SSSR count). The summed E-state index contributed by atoms with van der Waals surface area (Å²) < 4.78 is 0. The van der Waals surface area contributed by atoms with Crippen molar-refractivity contribution in [2.24, 2.45) is 0 Å². The van der Waals surface area contributed by atoms with Crippen molar-refractivity contribution in [3.63, 3.8) is 0 Å². The fourth-order valence-electron chi connectivity index (χ4n) is 0.419. The van der Waals surface area contributed by atoms with Gasteiger partial charge in [0.25, 0.3) is 0 Å². The van der Waals surface area contributed by atoms with Gasteiger partial charge in [-0.2, -0.15) is 11.8 Å². The maximum atomic E-state index is 10.2. The van der Waals surface area contributed by atoms with Gasteiger partial charge < -0.3 is 10.2 Å². The molecule has 2 N–H and O–H groups in total. The van der Waals surface area contributed by atoms with Crippen molar-refractivity contribution >= 4 is 17.7 Å². The summed E-state index contributed by atoms with van der Waals surface area (Å²) in [5, 5.41) is 16.8. The number of aliphatic hydroxyl groups is 1. The van der Waals surface area contributed by atoms with Crippen molar-refractivity contribution in [2.45, 2.75) is 6.92 Å². The second-order valence-corrected chi connectivity index (χ2v) is 3.14. The van der Waals surface area contributed by atoms with Crippen molar-refractivity contribution < 1.29 is 15.0 Å². The number of carboxylic acid groups (broad SMARTS) is 1. The van der Waals surface area contributed by atoms with Gasteiger partial charge >= 0.3 is 5.97 Å². The third kappa shape index (κ3) is 5.94. The number of aliphatic carboxylic acids is 1. The molecule has 0 saturated heterocycles. The average Bonchev–Trinajstić information content (AvgIpc) is 1.97. The fraction of sp³-hybridized carbons (Fsp3) is 0.571. The van der Waals surface area contributed by atoms with Gasteiger partial charge in [-0.3, -0.25) is 0 Å². The molecule has 64 valence electrons. The zero-order valence-corrected chi connectivity index (χ0v) is 7.23. The topological polar surface area (TPSA) is 57.5 Å². The lowest BCUT2D eigenvalue weighted by Crippen LogP contribution is -1.96. The average molecular weight is 176 g/mol. The van der Waals surface area contributed by atoms with E-state index < -0.39 is 5.97 Å². The first-order chi connectivity index (χ1) is 5.18. The highest BCUT2D eigenvalue weighted by molar-refractivity contribution is 7.99. The molecule has 0 bridgehead atoms. The van der Waals surface area contributed by atoms with Crippen LogP contribution in [0.5, 0.6) is 0 Å². The van der Waals surface area contributed by atoms with Crippen LogP contribution in [0.1, 0.15) is 6.92 Å². The first kappa shape index (κ1) is 10.5. The summed E-state index contributed by atoms with van der Waals surface area (Å²) in [5.74, 6) is 0.428. The summed E-state index contributed by atoms with van der Waals surface area (Å²) in [6, 6.07) is 0. The van der Waals surface area contributed by atoms with E-state index in [1.807, 2.05) is 0 Å². The SMILES string of the molecule is CC(=CCSCCO)C(=O)O. The van der Waals surface area contributed by atoms with Crippen LogP contribution >= 0.6 is 11.8 Å². The van der Waals surface area contributed by atoms with Crippen LogP contribution in [0, 0.1) is 0 Å². The van der Waals surface area contributed by atoms with Gasteiger partial charge in [-0.05, 0) is 6.92 Å². The third-order valence-corrected chi connectivity index (χ3v) is 1.95. The van der Waals surface area contributed by atoms with Gasteiger partial charge in [0, 0.05) is 17.1 Å². The zero-order chi connectivity index (χ0) is 8.69. The summed E-state index contributed by atoms with van der Waals surface area (Å²) >= 11 is 1.51. The Morgan fingerprint density at radius 3 is 2.73 bits per heavy atom. The minimum Gasteiger partial charge on any atom is -0.478 e. The molecule has 0 amide bonds. The minimum absolute atomic E-state index is 0.143. The van der Waals surface area contributed by atoms with Crippen LogP contribution in [0.4, 0.5) is 0 Å². The summed E-state index contributed by atoms with van der Waals surface area (Å²) in [5.41, 5.74) is 0.357. The standard InChI is InChI=1S/C7H12O3S/c1-6(7(9)10)2-4-11-5-3-8/h2,8H,3-5H2,1H3,(H,9,10). The lowest BCUT2D eigenvalue weighted by Gasteiger charge is -1.93. The van der Waals surface area contributed by atoms with Crippen LogP contribution < -0.4 is 0 Å². The molecule has 11 heavy (non-hydrogen) atoms. The Labute approximate surface area is 70.1 Å². The van der Waals surface area contributed by atoms with Gasteiger partial charge in [0.05, 0.1) is 6.61 Å². The van der Waals surface area contributed by atoms with Crippen molar-refractivity contribution in [2.75, 3.05) is 18.1 Å². The largest absolute Gasteiger partial charge is 0.478 e. The first-order valence-corrected chi connectivity index (χ1v) is 4.42. The summed E-state index contributed by atoms with van der Waals surface area (Å²) in [4.78, 5) is 10.2. The van der Waals surface area contributed by atoms with Gasteiger partial charge in [0.1, 0.15) is 0 Å². The normalized spacial score (nSPS) is 11.6. The summed E-state index contributed by atoms with van der Waals surface area (Å²) in [6.45, 7) is 1.70. The van der Waals surface area contributed by atoms with E-state index in [0.717, 1.165) is 0 Å². The van der Waals surface area contributed by atoms with E-state index in [1.165, 1.54) is 11.8 Å². The quantitative estimate of drug-likeness (QED) is 0.479. The number of carboxylic acids is 1. The van der Waals surface area contributed by atoms with Crippen LogP contribution in [0.3, 0.4) is 0 Å². The van der Waals surface area contributed by atoms with E-state index >= 15 is 0 Å². The van der Waals surface area contributed by atoms with Crippen LogP contribution in [0.25, 0.3) is 0 Å². The Morgan fingerprint density at radius 1 is 1.64 bits per heavy atom. The molecule has 0 aliphatic carbocycles. The Hall–Kier alpha value is -0.480. The third-order valence-electron chi connectivity index (χ3n) is 1.08. The Bertz CT molecular complexity index is 154. The van der Waals surface area contributed by atoms with E-state index in [9.17, 15) is 4.79 Å². The van der Waals surface area contributed by atoms with E-state index in [1.54, 1.807) is 13.0 Å². The molecule has 0 radical (unpaired) electrons. The van der Waals surface area contributed by atoms with E-state index in [0.29, 0.717) is 17.1 Å². The Balaban J connectivity index is 3.48. The lowest BCUT2D eigenvalue weighted by molar-refractivity contribution is -0.132. The Kier molecular flexibility index (Phi) is 5.97. The van der Waals surface area contributed by atoms with E-state index in [-0.39, 0.29) is 6.61 Å². The molecular formula is C7H12O3S. The maximum absolute atomic E-state index is 10.2. The molecule has 0 aliphatic rings. The highest BCUT2D eigenvalue weighted by Crippen LogP contribution is 2.01. The van der Waals surface area contributed by atoms with Gasteiger partial charge in [0.2, 0.25) is 0 Å². The number of hydrogen-bond donors (Lipinski definition) is 2. The second-order valence-electron chi connectivity index (χ2n) is 1.99. The van der Waals surface area contributed by atoms with Gasteiger partial charge in [-0.15, -0.1) is 0 Å². The lowest BCUT2D eigenvalue weighted by atomic mass is 10.3. The molecule has 0 aromatic carbocycles.